The smallest absolute Gasteiger partial charge is 0.272 e. The van der Waals surface area contributed by atoms with Crippen LogP contribution in [0.25, 0.3) is 22.0 Å². The Morgan fingerprint density at radius 2 is 1.91 bits per heavy atom. The van der Waals surface area contributed by atoms with Gasteiger partial charge in [0.1, 0.15) is 11.9 Å². The van der Waals surface area contributed by atoms with Crippen LogP contribution in [0.2, 0.25) is 0 Å². The van der Waals surface area contributed by atoms with Crippen molar-refractivity contribution in [2.75, 3.05) is 24.7 Å². The monoisotopic (exact) mass is 467 g/mol. The molecule has 1 aromatic heterocycles. The van der Waals surface area contributed by atoms with Gasteiger partial charge >= 0.3 is 0 Å². The fraction of sp³-hybridized carbons (Fsp3) is 0.250. The van der Waals surface area contributed by atoms with Crippen LogP contribution in [-0.4, -0.2) is 42.0 Å². The van der Waals surface area contributed by atoms with E-state index in [2.05, 4.69) is 16.3 Å². The van der Waals surface area contributed by atoms with E-state index in [0.29, 0.717) is 30.7 Å². The molecule has 0 saturated carbocycles. The lowest BCUT2D eigenvalue weighted by molar-refractivity contribution is -0.117. The molecule has 0 bridgehead atoms. The van der Waals surface area contributed by atoms with E-state index in [1.54, 1.807) is 6.07 Å². The molecule has 0 radical (unpaired) electrons. The Hall–Kier alpha value is -3.97. The van der Waals surface area contributed by atoms with Gasteiger partial charge in [0.15, 0.2) is 0 Å². The molecule has 7 nitrogen and oxygen atoms in total. The molecule has 0 spiro atoms. The van der Waals surface area contributed by atoms with Gasteiger partial charge in [0.25, 0.3) is 5.56 Å². The summed E-state index contributed by atoms with van der Waals surface area (Å²) in [5.74, 6) is 0.842. The van der Waals surface area contributed by atoms with E-state index in [1.165, 1.54) is 5.56 Å². The Labute approximate surface area is 202 Å². The third kappa shape index (κ3) is 4.19. The number of carbonyl (C=O) groups excluding carboxylic acids is 1. The Morgan fingerprint density at radius 3 is 2.71 bits per heavy atom. The van der Waals surface area contributed by atoms with E-state index in [4.69, 9.17) is 9.47 Å². The molecule has 4 aromatic rings. The molecular weight excluding hydrogens is 442 g/mol. The first-order chi connectivity index (χ1) is 17.2. The van der Waals surface area contributed by atoms with Gasteiger partial charge in [-0.05, 0) is 29.7 Å². The highest BCUT2D eigenvalue weighted by molar-refractivity contribution is 5.97. The molecule has 1 amide bonds. The molecule has 35 heavy (non-hydrogen) atoms. The second-order valence-electron chi connectivity index (χ2n) is 9.01. The lowest BCUT2D eigenvalue weighted by Gasteiger charge is -2.19. The van der Waals surface area contributed by atoms with Gasteiger partial charge in [-0.1, -0.05) is 48.5 Å². The van der Waals surface area contributed by atoms with Gasteiger partial charge in [-0.2, -0.15) is 5.10 Å². The molecule has 176 valence electrons. The number of nitrogens with zero attached hydrogens (tertiary/aromatic N) is 2. The largest absolute Gasteiger partial charge is 0.488 e. The molecule has 1 fully saturated rings. The van der Waals surface area contributed by atoms with Crippen molar-refractivity contribution in [1.29, 1.82) is 0 Å². The number of rotatable bonds is 5. The zero-order chi connectivity index (χ0) is 23.8. The molecule has 0 aliphatic carbocycles. The summed E-state index contributed by atoms with van der Waals surface area (Å²) in [6.45, 7) is 2.02. The summed E-state index contributed by atoms with van der Waals surface area (Å²) in [6, 6.07) is 21.2. The number of carbonyl (C=O) groups is 1. The minimum atomic E-state index is -0.206. The second-order valence-corrected chi connectivity index (χ2v) is 9.01. The maximum atomic E-state index is 13.2. The van der Waals surface area contributed by atoms with Crippen molar-refractivity contribution in [2.45, 2.75) is 25.4 Å². The molecule has 6 rings (SSSR count). The first kappa shape index (κ1) is 21.6. The summed E-state index contributed by atoms with van der Waals surface area (Å²) >= 11 is 0. The molecule has 0 unspecified atom stereocenters. The number of ether oxygens (including phenoxy) is 2. The van der Waals surface area contributed by atoms with Gasteiger partial charge in [-0.15, -0.1) is 0 Å². The van der Waals surface area contributed by atoms with E-state index < -0.39 is 0 Å². The number of fused-ring (bicyclic) bond motifs is 2. The minimum Gasteiger partial charge on any atom is -0.488 e. The van der Waals surface area contributed by atoms with Gasteiger partial charge in [-0.3, -0.25) is 9.59 Å². The average molecular weight is 468 g/mol. The summed E-state index contributed by atoms with van der Waals surface area (Å²) in [6.07, 6.45) is 2.12. The Balaban J connectivity index is 1.19. The van der Waals surface area contributed by atoms with Crippen molar-refractivity contribution >= 4 is 22.4 Å². The fourth-order valence-electron chi connectivity index (χ4n) is 4.87. The van der Waals surface area contributed by atoms with Crippen LogP contribution in [0.4, 0.5) is 5.69 Å². The highest BCUT2D eigenvalue weighted by atomic mass is 16.5. The average Bonchev–Trinajstić information content (AvgIpc) is 3.55. The maximum Gasteiger partial charge on any atom is 0.272 e. The van der Waals surface area contributed by atoms with Crippen molar-refractivity contribution < 1.29 is 14.3 Å². The Kier molecular flexibility index (Phi) is 5.54. The van der Waals surface area contributed by atoms with Crippen molar-refractivity contribution in [3.63, 3.8) is 0 Å². The summed E-state index contributed by atoms with van der Waals surface area (Å²) < 4.78 is 11.5. The predicted octanol–water partition coefficient (Wildman–Crippen LogP) is 3.89. The Morgan fingerprint density at radius 1 is 1.09 bits per heavy atom. The number of amides is 1. The topological polar surface area (TPSA) is 84.5 Å². The molecule has 7 heteroatoms. The molecule has 1 N–H and O–H groups in total. The Bertz CT molecular complexity index is 1460. The van der Waals surface area contributed by atoms with E-state index in [1.807, 2.05) is 59.5 Å². The number of aromatic nitrogens is 2. The van der Waals surface area contributed by atoms with Gasteiger partial charge in [0.2, 0.25) is 5.91 Å². The van der Waals surface area contributed by atoms with E-state index in [-0.39, 0.29) is 17.6 Å². The van der Waals surface area contributed by atoms with Gasteiger partial charge in [0, 0.05) is 30.0 Å². The molecule has 3 aromatic carbocycles. The highest BCUT2D eigenvalue weighted by Gasteiger charge is 2.26. The zero-order valence-electron chi connectivity index (χ0n) is 19.2. The van der Waals surface area contributed by atoms with Crippen molar-refractivity contribution in [3.8, 4) is 17.0 Å². The van der Waals surface area contributed by atoms with Crippen molar-refractivity contribution in [1.82, 2.24) is 10.2 Å². The summed E-state index contributed by atoms with van der Waals surface area (Å²) in [7, 11) is 0. The van der Waals surface area contributed by atoms with Crippen LogP contribution >= 0.6 is 0 Å². The van der Waals surface area contributed by atoms with Crippen LogP contribution in [0.5, 0.6) is 5.75 Å². The van der Waals surface area contributed by atoms with Crippen molar-refractivity contribution in [3.05, 3.63) is 88.2 Å². The molecule has 1 saturated heterocycles. The lowest BCUT2D eigenvalue weighted by Crippen LogP contribution is -2.30. The first-order valence-corrected chi connectivity index (χ1v) is 11.9. The second kappa shape index (κ2) is 9.00. The minimum absolute atomic E-state index is 0.0606. The number of aromatic amines is 1. The summed E-state index contributed by atoms with van der Waals surface area (Å²) in [5, 5.41) is 8.25. The number of hydrogen-bond acceptors (Lipinski definition) is 5. The zero-order valence-corrected chi connectivity index (χ0v) is 19.2. The number of anilines is 1. The van der Waals surface area contributed by atoms with Crippen LogP contribution in [0.3, 0.4) is 0 Å². The third-order valence-corrected chi connectivity index (χ3v) is 6.72. The summed E-state index contributed by atoms with van der Waals surface area (Å²) in [4.78, 5) is 27.2. The number of benzene rings is 3. The highest BCUT2D eigenvalue weighted by Crippen LogP contribution is 2.33. The van der Waals surface area contributed by atoms with E-state index in [0.717, 1.165) is 47.4 Å². The van der Waals surface area contributed by atoms with Crippen LogP contribution in [0.15, 0.2) is 71.5 Å². The maximum absolute atomic E-state index is 13.2. The number of nitrogens with one attached hydrogen (secondary N) is 1. The van der Waals surface area contributed by atoms with Gasteiger partial charge < -0.3 is 14.4 Å². The standard InChI is InChI=1S/C28H25N3O4/c32-26(31-13-11-19-9-10-21(16-25(19)31)35-22-12-14-34-17-22)15-18-5-7-20(8-6-18)27-23-3-1-2-4-24(23)28(33)30-29-27/h1-10,16,22H,11-15,17H2,(H,30,33)/t22-/m1/s1. The predicted molar refractivity (Wildman–Crippen MR) is 134 cm³/mol. The molecule has 1 atom stereocenters. The van der Waals surface area contributed by atoms with Gasteiger partial charge in [0.05, 0.1) is 36.4 Å². The van der Waals surface area contributed by atoms with Gasteiger partial charge in [-0.25, -0.2) is 5.10 Å². The van der Waals surface area contributed by atoms with Crippen LogP contribution in [0, 0.1) is 0 Å². The van der Waals surface area contributed by atoms with E-state index >= 15 is 0 Å². The quantitative estimate of drug-likeness (QED) is 0.481. The van der Waals surface area contributed by atoms with Crippen LogP contribution in [-0.2, 0) is 22.4 Å². The molecule has 2 aliphatic heterocycles. The van der Waals surface area contributed by atoms with Crippen LogP contribution in [0.1, 0.15) is 17.5 Å². The fourth-order valence-corrected chi connectivity index (χ4v) is 4.87. The normalized spacial score (nSPS) is 17.0. The van der Waals surface area contributed by atoms with E-state index in [9.17, 15) is 9.59 Å². The van der Waals surface area contributed by atoms with Crippen LogP contribution < -0.4 is 15.2 Å². The molecule has 3 heterocycles. The molecule has 2 aliphatic rings. The third-order valence-electron chi connectivity index (χ3n) is 6.72. The SMILES string of the molecule is O=C(Cc1ccc(-c2n[nH]c(=O)c3ccccc23)cc1)N1CCc2ccc(O[C@@H]3CCOC3)cc21. The first-order valence-electron chi connectivity index (χ1n) is 11.9. The number of H-pyrrole nitrogens is 1. The lowest BCUT2D eigenvalue weighted by atomic mass is 10.0. The van der Waals surface area contributed by atoms with Crippen molar-refractivity contribution in [2.24, 2.45) is 0 Å². The number of hydrogen-bond donors (Lipinski definition) is 1. The molecular formula is C28H25N3O4. The summed E-state index contributed by atoms with van der Waals surface area (Å²) in [5.41, 5.74) is 4.43.